The SMILES string of the molecule is CN(Cc1ccc(OC[C@H]2CCCN(C(=O)c3cccs3)C2)cc1)Cc1nccs1. The second kappa shape index (κ2) is 10.2. The normalized spacial score (nSPS) is 16.7. The van der Waals surface area contributed by atoms with Crippen LogP contribution in [0.15, 0.2) is 53.4 Å². The van der Waals surface area contributed by atoms with Crippen LogP contribution in [0.5, 0.6) is 5.75 Å². The molecular weight excluding hydrogens is 414 g/mol. The van der Waals surface area contributed by atoms with Crippen molar-refractivity contribution in [2.75, 3.05) is 26.7 Å². The molecule has 2 aromatic heterocycles. The lowest BCUT2D eigenvalue weighted by molar-refractivity contribution is 0.0638. The predicted molar refractivity (Wildman–Crippen MR) is 122 cm³/mol. The van der Waals surface area contributed by atoms with E-state index in [0.717, 1.165) is 54.7 Å². The van der Waals surface area contributed by atoms with Crippen LogP contribution >= 0.6 is 22.7 Å². The minimum Gasteiger partial charge on any atom is -0.493 e. The van der Waals surface area contributed by atoms with E-state index >= 15 is 0 Å². The van der Waals surface area contributed by atoms with E-state index in [0.29, 0.717) is 12.5 Å². The molecule has 1 atom stereocenters. The van der Waals surface area contributed by atoms with Crippen molar-refractivity contribution >= 4 is 28.6 Å². The third-order valence-electron chi connectivity index (χ3n) is 5.29. The number of nitrogens with zero attached hydrogens (tertiary/aromatic N) is 3. The molecule has 1 aliphatic heterocycles. The first-order valence-electron chi connectivity index (χ1n) is 10.3. The molecule has 0 radical (unpaired) electrons. The Morgan fingerprint density at radius 1 is 1.20 bits per heavy atom. The number of piperidine rings is 1. The van der Waals surface area contributed by atoms with Crippen molar-refractivity contribution in [2.45, 2.75) is 25.9 Å². The summed E-state index contributed by atoms with van der Waals surface area (Å²) in [6.45, 7) is 4.00. The fourth-order valence-corrected chi connectivity index (χ4v) is 5.16. The highest BCUT2D eigenvalue weighted by Gasteiger charge is 2.25. The van der Waals surface area contributed by atoms with E-state index in [1.165, 1.54) is 16.9 Å². The van der Waals surface area contributed by atoms with Gasteiger partial charge in [0.25, 0.3) is 5.91 Å². The highest BCUT2D eigenvalue weighted by Crippen LogP contribution is 2.22. The lowest BCUT2D eigenvalue weighted by Crippen LogP contribution is -2.41. The van der Waals surface area contributed by atoms with Gasteiger partial charge in [-0.3, -0.25) is 9.69 Å². The molecule has 3 heterocycles. The molecule has 0 saturated carbocycles. The Bertz CT molecular complexity index is 911. The number of hydrogen-bond donors (Lipinski definition) is 0. The Morgan fingerprint density at radius 3 is 2.80 bits per heavy atom. The minimum absolute atomic E-state index is 0.154. The zero-order valence-corrected chi connectivity index (χ0v) is 18.8. The third-order valence-corrected chi connectivity index (χ3v) is 6.91. The highest BCUT2D eigenvalue weighted by molar-refractivity contribution is 7.12. The van der Waals surface area contributed by atoms with Gasteiger partial charge < -0.3 is 9.64 Å². The van der Waals surface area contributed by atoms with Gasteiger partial charge in [0.1, 0.15) is 10.8 Å². The molecule has 1 fully saturated rings. The van der Waals surface area contributed by atoms with Gasteiger partial charge in [0, 0.05) is 37.1 Å². The summed E-state index contributed by atoms with van der Waals surface area (Å²) in [7, 11) is 2.11. The predicted octanol–water partition coefficient (Wildman–Crippen LogP) is 4.77. The van der Waals surface area contributed by atoms with Crippen molar-refractivity contribution in [2.24, 2.45) is 5.92 Å². The van der Waals surface area contributed by atoms with Crippen LogP contribution in [0.2, 0.25) is 0 Å². The standard InChI is InChI=1S/C23H27N3O2S2/c1-25(16-22-24-10-13-30-22)14-18-6-8-20(9-7-18)28-17-19-4-2-11-26(15-19)23(27)21-5-3-12-29-21/h3,5-10,12-13,19H,2,4,11,14-17H2,1H3/t19-/m0/s1. The first-order valence-corrected chi connectivity index (χ1v) is 12.0. The molecule has 4 rings (SSSR count). The fraction of sp³-hybridized carbons (Fsp3) is 0.391. The number of aromatic nitrogens is 1. The number of thiophene rings is 1. The number of likely N-dealkylation sites (tertiary alicyclic amines) is 1. The number of thiazole rings is 1. The van der Waals surface area contributed by atoms with E-state index in [1.54, 1.807) is 11.3 Å². The molecule has 0 spiro atoms. The molecular formula is C23H27N3O2S2. The first-order chi connectivity index (χ1) is 14.7. The average molecular weight is 442 g/mol. The summed E-state index contributed by atoms with van der Waals surface area (Å²) in [5, 5.41) is 5.11. The van der Waals surface area contributed by atoms with Crippen molar-refractivity contribution < 1.29 is 9.53 Å². The van der Waals surface area contributed by atoms with Crippen molar-refractivity contribution in [1.29, 1.82) is 0 Å². The highest BCUT2D eigenvalue weighted by atomic mass is 32.1. The van der Waals surface area contributed by atoms with E-state index in [9.17, 15) is 4.79 Å². The number of amides is 1. The lowest BCUT2D eigenvalue weighted by Gasteiger charge is -2.32. The Balaban J connectivity index is 1.24. The first kappa shape index (κ1) is 21.0. The van der Waals surface area contributed by atoms with Crippen LogP contribution < -0.4 is 4.74 Å². The Morgan fingerprint density at radius 2 is 2.07 bits per heavy atom. The molecule has 0 N–H and O–H groups in total. The number of ether oxygens (including phenoxy) is 1. The molecule has 3 aromatic rings. The maximum atomic E-state index is 12.6. The summed E-state index contributed by atoms with van der Waals surface area (Å²) in [5.41, 5.74) is 1.26. The molecule has 1 aromatic carbocycles. The zero-order valence-electron chi connectivity index (χ0n) is 17.2. The average Bonchev–Trinajstić information content (AvgIpc) is 3.47. The van der Waals surface area contributed by atoms with Gasteiger partial charge in [0.2, 0.25) is 0 Å². The molecule has 158 valence electrons. The van der Waals surface area contributed by atoms with Crippen LogP contribution in [-0.4, -0.2) is 47.4 Å². The van der Waals surface area contributed by atoms with E-state index in [1.807, 2.05) is 46.1 Å². The van der Waals surface area contributed by atoms with E-state index in [-0.39, 0.29) is 5.91 Å². The summed E-state index contributed by atoms with van der Waals surface area (Å²) >= 11 is 3.20. The molecule has 1 aliphatic rings. The van der Waals surface area contributed by atoms with Crippen LogP contribution in [0.1, 0.15) is 33.1 Å². The summed E-state index contributed by atoms with van der Waals surface area (Å²) in [5.74, 6) is 1.43. The molecule has 1 amide bonds. The van der Waals surface area contributed by atoms with Gasteiger partial charge in [-0.15, -0.1) is 22.7 Å². The van der Waals surface area contributed by atoms with Crippen molar-refractivity contribution in [1.82, 2.24) is 14.8 Å². The van der Waals surface area contributed by atoms with Gasteiger partial charge >= 0.3 is 0 Å². The third kappa shape index (κ3) is 5.68. The van der Waals surface area contributed by atoms with Gasteiger partial charge in [-0.1, -0.05) is 18.2 Å². The van der Waals surface area contributed by atoms with Crippen molar-refractivity contribution in [3.8, 4) is 5.75 Å². The van der Waals surface area contributed by atoms with Crippen LogP contribution in [-0.2, 0) is 13.1 Å². The van der Waals surface area contributed by atoms with Crippen LogP contribution in [0.3, 0.4) is 0 Å². The monoisotopic (exact) mass is 441 g/mol. The summed E-state index contributed by atoms with van der Waals surface area (Å²) in [4.78, 5) is 22.0. The van der Waals surface area contributed by atoms with Gasteiger partial charge in [-0.2, -0.15) is 0 Å². The molecule has 30 heavy (non-hydrogen) atoms. The second-order valence-corrected chi connectivity index (χ2v) is 9.72. The van der Waals surface area contributed by atoms with Gasteiger partial charge in [0.15, 0.2) is 0 Å². The maximum Gasteiger partial charge on any atom is 0.263 e. The quantitative estimate of drug-likeness (QED) is 0.505. The molecule has 1 saturated heterocycles. The maximum absolute atomic E-state index is 12.6. The summed E-state index contributed by atoms with van der Waals surface area (Å²) in [6.07, 6.45) is 3.99. The largest absolute Gasteiger partial charge is 0.493 e. The minimum atomic E-state index is 0.154. The second-order valence-electron chi connectivity index (χ2n) is 7.79. The van der Waals surface area contributed by atoms with Crippen LogP contribution in [0.25, 0.3) is 0 Å². The van der Waals surface area contributed by atoms with Gasteiger partial charge in [-0.25, -0.2) is 4.98 Å². The van der Waals surface area contributed by atoms with Gasteiger partial charge in [0.05, 0.1) is 18.0 Å². The van der Waals surface area contributed by atoms with E-state index < -0.39 is 0 Å². The fourth-order valence-electron chi connectivity index (χ4n) is 3.78. The summed E-state index contributed by atoms with van der Waals surface area (Å²) < 4.78 is 6.05. The number of hydrogen-bond acceptors (Lipinski definition) is 6. The number of benzene rings is 1. The Hall–Kier alpha value is -2.22. The smallest absolute Gasteiger partial charge is 0.263 e. The molecule has 0 unspecified atom stereocenters. The van der Waals surface area contributed by atoms with E-state index in [4.69, 9.17) is 4.74 Å². The molecule has 5 nitrogen and oxygen atoms in total. The number of carbonyl (C=O) groups excluding carboxylic acids is 1. The van der Waals surface area contributed by atoms with Gasteiger partial charge in [-0.05, 0) is 49.0 Å². The van der Waals surface area contributed by atoms with Crippen molar-refractivity contribution in [3.05, 3.63) is 68.8 Å². The zero-order chi connectivity index (χ0) is 20.8. The number of rotatable bonds is 8. The lowest BCUT2D eigenvalue weighted by atomic mass is 9.99. The summed E-state index contributed by atoms with van der Waals surface area (Å²) in [6, 6.07) is 12.2. The topological polar surface area (TPSA) is 45.7 Å². The van der Waals surface area contributed by atoms with Crippen LogP contribution in [0, 0.1) is 5.92 Å². The molecule has 0 bridgehead atoms. The van der Waals surface area contributed by atoms with E-state index in [2.05, 4.69) is 29.1 Å². The molecule has 0 aliphatic carbocycles. The van der Waals surface area contributed by atoms with Crippen LogP contribution in [0.4, 0.5) is 0 Å². The Labute approximate surface area is 185 Å². The number of carbonyl (C=O) groups is 1. The molecule has 7 heteroatoms. The van der Waals surface area contributed by atoms with Crippen molar-refractivity contribution in [3.63, 3.8) is 0 Å². The Kier molecular flexibility index (Phi) is 7.15.